The largest absolute Gasteiger partial charge is 0.312 e. The van der Waals surface area contributed by atoms with Gasteiger partial charge >= 0.3 is 0 Å². The molecule has 2 aliphatic rings. The van der Waals surface area contributed by atoms with Crippen LogP contribution in [0, 0.1) is 6.92 Å². The molecule has 0 unspecified atom stereocenters. The number of rotatable bonds is 2. The number of hydrogen-bond donors (Lipinski definition) is 0. The molecule has 0 aromatic heterocycles. The van der Waals surface area contributed by atoms with Crippen LogP contribution in [0.3, 0.4) is 0 Å². The fraction of sp³-hybridized carbons (Fsp3) is 0.278. The predicted octanol–water partition coefficient (Wildman–Crippen LogP) is 4.08. The Morgan fingerprint density at radius 1 is 0.923 bits per heavy atom. The summed E-state index contributed by atoms with van der Waals surface area (Å²) in [6.45, 7) is 2.01. The smallest absolute Gasteiger partial charge is 0.181 e. The van der Waals surface area contributed by atoms with Crippen molar-refractivity contribution < 1.29 is 8.42 Å². The molecule has 0 bridgehead atoms. The van der Waals surface area contributed by atoms with Crippen molar-refractivity contribution in [2.75, 3.05) is 21.3 Å². The van der Waals surface area contributed by atoms with E-state index in [9.17, 15) is 8.42 Å². The fourth-order valence-corrected chi connectivity index (χ4v) is 6.34. The van der Waals surface area contributed by atoms with Crippen molar-refractivity contribution in [2.24, 2.45) is 0 Å². The third-order valence-corrected chi connectivity index (χ3v) is 7.69. The Labute approximate surface area is 168 Å². The molecule has 0 radical (unpaired) electrons. The van der Waals surface area contributed by atoms with E-state index in [1.54, 1.807) is 12.1 Å². The van der Waals surface area contributed by atoms with Crippen molar-refractivity contribution in [1.82, 2.24) is 0 Å². The molecule has 8 heteroatoms. The lowest BCUT2D eigenvalue weighted by atomic mass is 10.1. The van der Waals surface area contributed by atoms with Gasteiger partial charge in [0, 0.05) is 11.4 Å². The van der Waals surface area contributed by atoms with Gasteiger partial charge in [-0.1, -0.05) is 40.9 Å². The lowest BCUT2D eigenvalue weighted by molar-refractivity contribution is 0.601. The molecular weight excluding hydrogens is 411 g/mol. The Morgan fingerprint density at radius 3 is 2.04 bits per heavy atom. The average molecular weight is 427 g/mol. The molecule has 0 saturated carbocycles. The van der Waals surface area contributed by atoms with Crippen LogP contribution >= 0.6 is 35.4 Å². The van der Waals surface area contributed by atoms with Gasteiger partial charge in [0.25, 0.3) is 0 Å². The molecule has 136 valence electrons. The van der Waals surface area contributed by atoms with Crippen molar-refractivity contribution in [2.45, 2.75) is 19.0 Å². The van der Waals surface area contributed by atoms with E-state index in [1.165, 1.54) is 0 Å². The van der Waals surface area contributed by atoms with Gasteiger partial charge in [-0.15, -0.1) is 0 Å². The minimum Gasteiger partial charge on any atom is -0.312 e. The minimum absolute atomic E-state index is 0.0699. The van der Waals surface area contributed by atoms with Crippen LogP contribution in [0.1, 0.15) is 5.56 Å². The summed E-state index contributed by atoms with van der Waals surface area (Å²) in [6.07, 6.45) is 0. The van der Waals surface area contributed by atoms with E-state index in [4.69, 9.17) is 35.4 Å². The van der Waals surface area contributed by atoms with Crippen molar-refractivity contribution >= 4 is 61.7 Å². The zero-order valence-electron chi connectivity index (χ0n) is 13.9. The van der Waals surface area contributed by atoms with Gasteiger partial charge in [-0.05, 0) is 49.5 Å². The van der Waals surface area contributed by atoms with Gasteiger partial charge in [-0.3, -0.25) is 0 Å². The van der Waals surface area contributed by atoms with Crippen molar-refractivity contribution in [3.05, 3.63) is 58.1 Å². The van der Waals surface area contributed by atoms with Crippen molar-refractivity contribution in [3.63, 3.8) is 0 Å². The fourth-order valence-electron chi connectivity index (χ4n) is 3.65. The summed E-state index contributed by atoms with van der Waals surface area (Å²) in [7, 11) is -3.14. The molecule has 4 nitrogen and oxygen atoms in total. The zero-order valence-corrected chi connectivity index (χ0v) is 17.0. The maximum atomic E-state index is 12.3. The van der Waals surface area contributed by atoms with E-state index in [2.05, 4.69) is 0 Å². The lowest BCUT2D eigenvalue weighted by Gasteiger charge is -2.26. The molecule has 2 aromatic carbocycles. The number of aryl methyl sites for hydroxylation is 1. The number of hydrogen-bond acceptors (Lipinski definition) is 3. The van der Waals surface area contributed by atoms with Gasteiger partial charge in [0.2, 0.25) is 0 Å². The Morgan fingerprint density at radius 2 is 1.46 bits per heavy atom. The molecule has 2 heterocycles. The summed E-state index contributed by atoms with van der Waals surface area (Å²) in [6, 6.07) is 12.7. The number of benzene rings is 2. The molecule has 0 aliphatic carbocycles. The first kappa shape index (κ1) is 18.0. The van der Waals surface area contributed by atoms with Gasteiger partial charge in [0.1, 0.15) is 0 Å². The Hall–Kier alpha value is -1.34. The molecule has 2 saturated heterocycles. The minimum atomic E-state index is -3.14. The van der Waals surface area contributed by atoms with Crippen LogP contribution in [0.2, 0.25) is 10.0 Å². The predicted molar refractivity (Wildman–Crippen MR) is 111 cm³/mol. The topological polar surface area (TPSA) is 40.6 Å². The molecule has 2 aromatic rings. The number of nitrogens with zero attached hydrogens (tertiary/aromatic N) is 2. The molecule has 0 N–H and O–H groups in total. The van der Waals surface area contributed by atoms with E-state index < -0.39 is 9.84 Å². The van der Waals surface area contributed by atoms with Crippen LogP contribution in [0.5, 0.6) is 0 Å². The van der Waals surface area contributed by atoms with Gasteiger partial charge in [-0.2, -0.15) is 0 Å². The highest BCUT2D eigenvalue weighted by Gasteiger charge is 2.52. The number of fused-ring (bicyclic) bond motifs is 1. The number of anilines is 2. The van der Waals surface area contributed by atoms with Crippen molar-refractivity contribution in [3.8, 4) is 0 Å². The Kier molecular flexibility index (Phi) is 4.42. The zero-order chi connectivity index (χ0) is 18.6. The van der Waals surface area contributed by atoms with Crippen LogP contribution in [0.25, 0.3) is 0 Å². The highest BCUT2D eigenvalue weighted by atomic mass is 35.5. The normalized spacial score (nSPS) is 24.2. The maximum Gasteiger partial charge on any atom is 0.181 e. The molecule has 2 aliphatic heterocycles. The van der Waals surface area contributed by atoms with E-state index in [1.807, 2.05) is 47.1 Å². The van der Waals surface area contributed by atoms with Crippen LogP contribution in [-0.2, 0) is 9.84 Å². The van der Waals surface area contributed by atoms with Gasteiger partial charge in [0.05, 0.1) is 33.6 Å². The Bertz CT molecular complexity index is 993. The van der Waals surface area contributed by atoms with Crippen LogP contribution in [0.15, 0.2) is 42.5 Å². The van der Waals surface area contributed by atoms with E-state index in [0.29, 0.717) is 15.2 Å². The second-order valence-electron chi connectivity index (χ2n) is 6.67. The first-order valence-electron chi connectivity index (χ1n) is 8.11. The molecule has 0 spiro atoms. The number of halogens is 2. The van der Waals surface area contributed by atoms with E-state index >= 15 is 0 Å². The van der Waals surface area contributed by atoms with Crippen molar-refractivity contribution in [1.29, 1.82) is 0 Å². The molecule has 4 rings (SSSR count). The Balaban J connectivity index is 1.81. The van der Waals surface area contributed by atoms with Crippen LogP contribution in [-0.4, -0.2) is 37.1 Å². The SMILES string of the molecule is Cc1ccc(N2C(=S)N(c3ccc(Cl)c(Cl)c3)[C@@H]3CS(=O)(=O)C[C@@H]32)cc1. The maximum absolute atomic E-state index is 12.3. The number of sulfone groups is 1. The summed E-state index contributed by atoms with van der Waals surface area (Å²) >= 11 is 18.0. The summed E-state index contributed by atoms with van der Waals surface area (Å²) in [5.74, 6) is 0.157. The lowest BCUT2D eigenvalue weighted by Crippen LogP contribution is -2.37. The summed E-state index contributed by atoms with van der Waals surface area (Å²) in [4.78, 5) is 3.85. The number of thiocarbonyl (C=S) groups is 1. The summed E-state index contributed by atoms with van der Waals surface area (Å²) < 4.78 is 24.7. The molecule has 0 amide bonds. The highest BCUT2D eigenvalue weighted by Crippen LogP contribution is 2.39. The summed E-state index contributed by atoms with van der Waals surface area (Å²) in [5, 5.41) is 1.45. The third kappa shape index (κ3) is 2.99. The van der Waals surface area contributed by atoms with Crippen LogP contribution in [0.4, 0.5) is 11.4 Å². The van der Waals surface area contributed by atoms with Gasteiger partial charge in [0.15, 0.2) is 14.9 Å². The quantitative estimate of drug-likeness (QED) is 0.676. The first-order valence-corrected chi connectivity index (χ1v) is 11.1. The second kappa shape index (κ2) is 6.37. The third-order valence-electron chi connectivity index (χ3n) is 4.86. The highest BCUT2D eigenvalue weighted by molar-refractivity contribution is 7.91. The van der Waals surface area contributed by atoms with Gasteiger partial charge in [-0.25, -0.2) is 8.42 Å². The molecule has 2 atom stereocenters. The van der Waals surface area contributed by atoms with E-state index in [0.717, 1.165) is 16.9 Å². The van der Waals surface area contributed by atoms with Crippen LogP contribution < -0.4 is 9.80 Å². The molecule has 2 fully saturated rings. The van der Waals surface area contributed by atoms with E-state index in [-0.39, 0.29) is 23.6 Å². The second-order valence-corrected chi connectivity index (χ2v) is 10.0. The summed E-state index contributed by atoms with van der Waals surface area (Å²) in [5.41, 5.74) is 2.79. The first-order chi connectivity index (χ1) is 12.3. The van der Waals surface area contributed by atoms with Gasteiger partial charge < -0.3 is 9.80 Å². The standard InChI is InChI=1S/C18H16Cl2N2O2S2/c1-11-2-4-12(5-3-11)21-16-9-26(23,24)10-17(16)22(18(21)25)13-6-7-14(19)15(20)8-13/h2-8,16-17H,9-10H2,1H3/t16-,17+/m0/s1. The monoisotopic (exact) mass is 426 g/mol. The molecule has 26 heavy (non-hydrogen) atoms. The average Bonchev–Trinajstić information content (AvgIpc) is 3.00. The molecular formula is C18H16Cl2N2O2S2.